The van der Waals surface area contributed by atoms with Crippen LogP contribution in [0.1, 0.15) is 76.1 Å². The van der Waals surface area contributed by atoms with Gasteiger partial charge in [-0.05, 0) is 74.8 Å². The van der Waals surface area contributed by atoms with Crippen molar-refractivity contribution in [2.75, 3.05) is 5.32 Å². The summed E-state index contributed by atoms with van der Waals surface area (Å²) >= 11 is 0. The number of ketones is 1. The minimum atomic E-state index is -0.389. The number of nitrogens with one attached hydrogen (secondary N) is 2. The molecule has 0 radical (unpaired) electrons. The number of rotatable bonds is 5. The lowest BCUT2D eigenvalue weighted by atomic mass is 9.53. The van der Waals surface area contributed by atoms with Crippen molar-refractivity contribution in [1.82, 2.24) is 5.32 Å². The van der Waals surface area contributed by atoms with Gasteiger partial charge in [0.05, 0.1) is 0 Å². The summed E-state index contributed by atoms with van der Waals surface area (Å²) in [4.78, 5) is 25.4. The number of benzene rings is 1. The number of anilines is 1. The van der Waals surface area contributed by atoms with Crippen molar-refractivity contribution >= 4 is 17.5 Å². The lowest BCUT2D eigenvalue weighted by Gasteiger charge is -2.56. The Bertz CT molecular complexity index is 717. The highest BCUT2D eigenvalue weighted by Crippen LogP contribution is 2.55. The van der Waals surface area contributed by atoms with E-state index in [9.17, 15) is 9.59 Å². The van der Waals surface area contributed by atoms with Gasteiger partial charge in [0.25, 0.3) is 0 Å². The Morgan fingerprint density at radius 2 is 1.67 bits per heavy atom. The number of carbonyl (C=O) groups is 2. The first-order chi connectivity index (χ1) is 12.8. The Balaban J connectivity index is 1.43. The smallest absolute Gasteiger partial charge is 0.319 e. The number of urea groups is 1. The van der Waals surface area contributed by atoms with Crippen molar-refractivity contribution in [2.24, 2.45) is 23.2 Å². The van der Waals surface area contributed by atoms with Crippen LogP contribution in [-0.4, -0.2) is 17.4 Å². The van der Waals surface area contributed by atoms with Gasteiger partial charge in [0, 0.05) is 22.2 Å². The summed E-state index contributed by atoms with van der Waals surface area (Å²) in [5.74, 6) is 2.52. The molecule has 4 saturated carbocycles. The normalized spacial score (nSPS) is 31.6. The molecule has 0 heterocycles. The third-order valence-corrected chi connectivity index (χ3v) is 7.30. The molecule has 1 aromatic rings. The standard InChI is InChI=1S/C23H32N2O2/c1-4-22(2,3)20(26)18-6-5-7-19(11-18)24-21(27)25-23-12-15-8-16(13-23)10-17(9-15)14-23/h5-7,11,15-17H,4,8-10,12-14H2,1-3H3,(H2,24,25,27). The quantitative estimate of drug-likeness (QED) is 0.684. The van der Waals surface area contributed by atoms with E-state index in [0.717, 1.165) is 43.4 Å². The van der Waals surface area contributed by atoms with E-state index < -0.39 is 0 Å². The summed E-state index contributed by atoms with van der Waals surface area (Å²) in [6, 6.07) is 7.21. The van der Waals surface area contributed by atoms with Crippen LogP contribution in [0, 0.1) is 23.2 Å². The summed E-state index contributed by atoms with van der Waals surface area (Å²) in [7, 11) is 0. The first kappa shape index (κ1) is 18.5. The summed E-state index contributed by atoms with van der Waals surface area (Å²) in [6.45, 7) is 5.96. The van der Waals surface area contributed by atoms with Gasteiger partial charge in [-0.1, -0.05) is 32.9 Å². The van der Waals surface area contributed by atoms with Gasteiger partial charge in [-0.2, -0.15) is 0 Å². The van der Waals surface area contributed by atoms with Crippen molar-refractivity contribution in [1.29, 1.82) is 0 Å². The molecule has 0 aromatic heterocycles. The molecule has 5 rings (SSSR count). The number of carbonyl (C=O) groups excluding carboxylic acids is 2. The predicted octanol–water partition coefficient (Wildman–Crippen LogP) is 5.40. The fourth-order valence-corrected chi connectivity index (χ4v) is 5.96. The van der Waals surface area contributed by atoms with Crippen molar-refractivity contribution in [3.63, 3.8) is 0 Å². The van der Waals surface area contributed by atoms with Crippen molar-refractivity contribution < 1.29 is 9.59 Å². The molecule has 2 N–H and O–H groups in total. The van der Waals surface area contributed by atoms with Gasteiger partial charge < -0.3 is 10.6 Å². The van der Waals surface area contributed by atoms with Gasteiger partial charge in [-0.15, -0.1) is 0 Å². The highest BCUT2D eigenvalue weighted by molar-refractivity contribution is 6.01. The SMILES string of the molecule is CCC(C)(C)C(=O)c1cccc(NC(=O)NC23CC4CC(CC(C4)C2)C3)c1. The summed E-state index contributed by atoms with van der Waals surface area (Å²) in [5, 5.41) is 6.31. The zero-order valence-corrected chi connectivity index (χ0v) is 16.8. The van der Waals surface area contributed by atoms with Crippen molar-refractivity contribution in [2.45, 2.75) is 71.3 Å². The first-order valence-corrected chi connectivity index (χ1v) is 10.5. The maximum atomic E-state index is 12.7. The molecule has 4 aliphatic rings. The van der Waals surface area contributed by atoms with Crippen LogP contribution in [0.4, 0.5) is 10.5 Å². The van der Waals surface area contributed by atoms with Gasteiger partial charge in [-0.25, -0.2) is 4.79 Å². The first-order valence-electron chi connectivity index (χ1n) is 10.5. The van der Waals surface area contributed by atoms with E-state index in [1.165, 1.54) is 19.3 Å². The molecule has 0 saturated heterocycles. The van der Waals surface area contributed by atoms with Crippen molar-refractivity contribution in [3.8, 4) is 0 Å². The van der Waals surface area contributed by atoms with E-state index in [1.807, 2.05) is 39.0 Å². The van der Waals surface area contributed by atoms with Gasteiger partial charge >= 0.3 is 6.03 Å². The van der Waals surface area contributed by atoms with E-state index in [1.54, 1.807) is 6.07 Å². The minimum Gasteiger partial charge on any atom is -0.332 e. The maximum Gasteiger partial charge on any atom is 0.319 e. The second-order valence-electron chi connectivity index (χ2n) is 9.92. The van der Waals surface area contributed by atoms with Crippen molar-refractivity contribution in [3.05, 3.63) is 29.8 Å². The van der Waals surface area contributed by atoms with Gasteiger partial charge in [0.1, 0.15) is 0 Å². The van der Waals surface area contributed by atoms with E-state index in [2.05, 4.69) is 10.6 Å². The lowest BCUT2D eigenvalue weighted by Crippen LogP contribution is -2.60. The summed E-state index contributed by atoms with van der Waals surface area (Å²) < 4.78 is 0. The molecular formula is C23H32N2O2. The Labute approximate surface area is 162 Å². The van der Waals surface area contributed by atoms with E-state index in [-0.39, 0.29) is 22.8 Å². The fourth-order valence-electron chi connectivity index (χ4n) is 5.96. The summed E-state index contributed by atoms with van der Waals surface area (Å²) in [6.07, 6.45) is 8.27. The van der Waals surface area contributed by atoms with Gasteiger partial charge in [0.2, 0.25) is 0 Å². The van der Waals surface area contributed by atoms with Crippen LogP contribution in [0.25, 0.3) is 0 Å². The molecule has 4 bridgehead atoms. The van der Waals surface area contributed by atoms with Gasteiger partial charge in [-0.3, -0.25) is 4.79 Å². The molecule has 146 valence electrons. The Morgan fingerprint density at radius 3 is 2.22 bits per heavy atom. The van der Waals surface area contributed by atoms with E-state index in [4.69, 9.17) is 0 Å². The maximum absolute atomic E-state index is 12.7. The number of hydrogen-bond acceptors (Lipinski definition) is 2. The molecule has 1 aromatic carbocycles. The van der Waals surface area contributed by atoms with Crippen LogP contribution in [0.15, 0.2) is 24.3 Å². The largest absolute Gasteiger partial charge is 0.332 e. The molecule has 4 aliphatic carbocycles. The molecule has 4 fully saturated rings. The highest BCUT2D eigenvalue weighted by atomic mass is 16.2. The van der Waals surface area contributed by atoms with Gasteiger partial charge in [0.15, 0.2) is 5.78 Å². The monoisotopic (exact) mass is 368 g/mol. The molecular weight excluding hydrogens is 336 g/mol. The number of hydrogen-bond donors (Lipinski definition) is 2. The average Bonchev–Trinajstić information content (AvgIpc) is 2.59. The predicted molar refractivity (Wildman–Crippen MR) is 108 cm³/mol. The minimum absolute atomic E-state index is 0.00351. The van der Waals surface area contributed by atoms with Crippen LogP contribution in [-0.2, 0) is 0 Å². The second-order valence-corrected chi connectivity index (χ2v) is 9.92. The Morgan fingerprint density at radius 1 is 1.07 bits per heavy atom. The molecule has 4 heteroatoms. The average molecular weight is 369 g/mol. The molecule has 0 unspecified atom stereocenters. The molecule has 0 atom stereocenters. The molecule has 27 heavy (non-hydrogen) atoms. The lowest BCUT2D eigenvalue weighted by molar-refractivity contribution is -0.0127. The van der Waals surface area contributed by atoms with Crippen LogP contribution in [0.5, 0.6) is 0 Å². The van der Waals surface area contributed by atoms with Crippen LogP contribution < -0.4 is 10.6 Å². The van der Waals surface area contributed by atoms with Crippen LogP contribution >= 0.6 is 0 Å². The number of amides is 2. The highest BCUT2D eigenvalue weighted by Gasteiger charge is 2.51. The fraction of sp³-hybridized carbons (Fsp3) is 0.652. The Hall–Kier alpha value is -1.84. The zero-order valence-electron chi connectivity index (χ0n) is 16.8. The Kier molecular flexibility index (Phi) is 4.56. The summed E-state index contributed by atoms with van der Waals surface area (Å²) in [5.41, 5.74) is 0.959. The molecule has 0 spiro atoms. The van der Waals surface area contributed by atoms with E-state index in [0.29, 0.717) is 11.3 Å². The molecule has 0 aliphatic heterocycles. The zero-order chi connectivity index (χ0) is 19.2. The van der Waals surface area contributed by atoms with E-state index >= 15 is 0 Å². The topological polar surface area (TPSA) is 58.2 Å². The third kappa shape index (κ3) is 3.63. The molecule has 2 amide bonds. The molecule has 4 nitrogen and oxygen atoms in total. The second kappa shape index (κ2) is 6.65. The number of Topliss-reactive ketones (excluding diaryl/α,β-unsaturated/α-hetero) is 1. The third-order valence-electron chi connectivity index (χ3n) is 7.30. The van der Waals surface area contributed by atoms with Crippen LogP contribution in [0.3, 0.4) is 0 Å². The van der Waals surface area contributed by atoms with Crippen LogP contribution in [0.2, 0.25) is 0 Å².